The number of ether oxygens (including phenoxy) is 1. The highest BCUT2D eigenvalue weighted by Gasteiger charge is 2.23. The third-order valence-electron chi connectivity index (χ3n) is 4.37. The van der Waals surface area contributed by atoms with Gasteiger partial charge in [0.1, 0.15) is 11.5 Å². The van der Waals surface area contributed by atoms with Crippen LogP contribution in [0.5, 0.6) is 0 Å². The summed E-state index contributed by atoms with van der Waals surface area (Å²) in [6.07, 6.45) is 6.41. The first-order valence-electron chi connectivity index (χ1n) is 8.15. The highest BCUT2D eigenvalue weighted by molar-refractivity contribution is 5.92. The molecule has 0 bridgehead atoms. The van der Waals surface area contributed by atoms with Gasteiger partial charge in [-0.15, -0.1) is 0 Å². The molecule has 0 atom stereocenters. The van der Waals surface area contributed by atoms with Gasteiger partial charge in [-0.1, -0.05) is 0 Å². The van der Waals surface area contributed by atoms with Crippen molar-refractivity contribution in [3.05, 3.63) is 42.1 Å². The minimum Gasteiger partial charge on any atom is -0.465 e. The van der Waals surface area contributed by atoms with Crippen LogP contribution in [0.4, 0.5) is 5.82 Å². The maximum absolute atomic E-state index is 12.2. The molecule has 1 amide bonds. The Hall–Kier alpha value is -2.90. The van der Waals surface area contributed by atoms with Crippen molar-refractivity contribution in [3.63, 3.8) is 0 Å². The fraction of sp³-hybridized carbons (Fsp3) is 0.412. The number of carbonyl (C=O) groups excluding carboxylic acids is 2. The molecule has 132 valence electrons. The third kappa shape index (κ3) is 3.78. The van der Waals surface area contributed by atoms with Gasteiger partial charge in [-0.25, -0.2) is 14.8 Å². The molecule has 8 nitrogen and oxygen atoms in total. The summed E-state index contributed by atoms with van der Waals surface area (Å²) in [6.45, 7) is 1.52. The molecule has 1 aliphatic rings. The number of anilines is 1. The van der Waals surface area contributed by atoms with Gasteiger partial charge in [-0.05, 0) is 25.0 Å². The first-order chi connectivity index (χ1) is 12.1. The summed E-state index contributed by atoms with van der Waals surface area (Å²) in [5, 5.41) is 3.05. The first kappa shape index (κ1) is 16.9. The topological polar surface area (TPSA) is 89.3 Å². The number of carbonyl (C=O) groups is 2. The van der Waals surface area contributed by atoms with E-state index >= 15 is 0 Å². The van der Waals surface area contributed by atoms with Crippen LogP contribution in [0.3, 0.4) is 0 Å². The summed E-state index contributed by atoms with van der Waals surface area (Å²) in [5.74, 6) is 0.269. The minimum absolute atomic E-state index is 0.107. The molecule has 2 aromatic rings. The summed E-state index contributed by atoms with van der Waals surface area (Å²) < 4.78 is 6.45. The first-order valence-corrected chi connectivity index (χ1v) is 8.15. The lowest BCUT2D eigenvalue weighted by Gasteiger charge is -2.33. The van der Waals surface area contributed by atoms with Crippen LogP contribution in [-0.4, -0.2) is 52.7 Å². The van der Waals surface area contributed by atoms with Crippen LogP contribution in [0.1, 0.15) is 33.7 Å². The zero-order valence-corrected chi connectivity index (χ0v) is 14.3. The largest absolute Gasteiger partial charge is 0.465 e. The second-order valence-corrected chi connectivity index (χ2v) is 6.02. The molecule has 3 heterocycles. The van der Waals surface area contributed by atoms with Crippen molar-refractivity contribution in [1.29, 1.82) is 0 Å². The molecule has 25 heavy (non-hydrogen) atoms. The van der Waals surface area contributed by atoms with Crippen molar-refractivity contribution in [3.8, 4) is 0 Å². The number of nitrogens with zero attached hydrogens (tertiary/aromatic N) is 4. The predicted octanol–water partition coefficient (Wildman–Crippen LogP) is 1.00. The van der Waals surface area contributed by atoms with E-state index in [0.717, 1.165) is 31.7 Å². The minimum atomic E-state index is -0.373. The molecule has 1 saturated heterocycles. The van der Waals surface area contributed by atoms with E-state index in [1.807, 2.05) is 0 Å². The van der Waals surface area contributed by atoms with Crippen molar-refractivity contribution in [2.45, 2.75) is 18.9 Å². The molecule has 2 aromatic heterocycles. The number of hydrogen-bond acceptors (Lipinski definition) is 6. The van der Waals surface area contributed by atoms with Crippen molar-refractivity contribution in [1.82, 2.24) is 19.9 Å². The molecular formula is C17H21N5O3. The van der Waals surface area contributed by atoms with Crippen LogP contribution in [0.25, 0.3) is 0 Å². The van der Waals surface area contributed by atoms with Crippen molar-refractivity contribution < 1.29 is 14.3 Å². The third-order valence-corrected chi connectivity index (χ3v) is 4.37. The molecule has 0 aromatic carbocycles. The monoisotopic (exact) mass is 343 g/mol. The van der Waals surface area contributed by atoms with Gasteiger partial charge in [0.15, 0.2) is 0 Å². The predicted molar refractivity (Wildman–Crippen MR) is 91.5 cm³/mol. The fourth-order valence-electron chi connectivity index (χ4n) is 2.92. The number of esters is 1. The normalized spacial score (nSPS) is 15.0. The molecule has 1 aliphatic heterocycles. The summed E-state index contributed by atoms with van der Waals surface area (Å²) in [7, 11) is 3.16. The van der Waals surface area contributed by atoms with Crippen molar-refractivity contribution in [2.24, 2.45) is 7.05 Å². The quantitative estimate of drug-likeness (QED) is 0.833. The van der Waals surface area contributed by atoms with Gasteiger partial charge in [0, 0.05) is 32.4 Å². The van der Waals surface area contributed by atoms with Crippen molar-refractivity contribution >= 4 is 17.7 Å². The van der Waals surface area contributed by atoms with E-state index in [2.05, 4.69) is 20.2 Å². The standard InChI is InChI=1S/C17H21N5O3/c1-21-11-18-10-14(21)16(23)20-13-4-7-22(8-5-13)15-9-12(3-6-19-15)17(24)25-2/h3,6,9-11,13H,4-5,7-8H2,1-2H3,(H,20,23). The van der Waals surface area contributed by atoms with Gasteiger partial charge in [0.2, 0.25) is 0 Å². The molecule has 0 aliphatic carbocycles. The maximum atomic E-state index is 12.2. The summed E-state index contributed by atoms with van der Waals surface area (Å²) in [5.41, 5.74) is 1.04. The molecule has 1 fully saturated rings. The van der Waals surface area contributed by atoms with E-state index in [9.17, 15) is 9.59 Å². The van der Waals surface area contributed by atoms with E-state index < -0.39 is 0 Å². The van der Waals surface area contributed by atoms with E-state index in [4.69, 9.17) is 4.74 Å². The van der Waals surface area contributed by atoms with E-state index in [1.54, 1.807) is 42.5 Å². The number of aryl methyl sites for hydroxylation is 1. The summed E-state index contributed by atoms with van der Waals surface area (Å²) in [4.78, 5) is 34.3. The Labute approximate surface area is 145 Å². The molecule has 0 radical (unpaired) electrons. The summed E-state index contributed by atoms with van der Waals surface area (Å²) >= 11 is 0. The number of imidazole rings is 1. The smallest absolute Gasteiger partial charge is 0.338 e. The highest BCUT2D eigenvalue weighted by atomic mass is 16.5. The molecule has 8 heteroatoms. The molecule has 0 spiro atoms. The number of rotatable bonds is 4. The van der Waals surface area contributed by atoms with Gasteiger partial charge < -0.3 is 19.5 Å². The zero-order valence-electron chi connectivity index (χ0n) is 14.3. The second-order valence-electron chi connectivity index (χ2n) is 6.02. The molecule has 3 rings (SSSR count). The zero-order chi connectivity index (χ0) is 17.8. The van der Waals surface area contributed by atoms with E-state index in [1.165, 1.54) is 7.11 Å². The van der Waals surface area contributed by atoms with Gasteiger partial charge in [0.05, 0.1) is 25.2 Å². The van der Waals surface area contributed by atoms with Crippen molar-refractivity contribution in [2.75, 3.05) is 25.1 Å². The Morgan fingerprint density at radius 2 is 2.08 bits per heavy atom. The Morgan fingerprint density at radius 1 is 1.32 bits per heavy atom. The molecular weight excluding hydrogens is 322 g/mol. The van der Waals surface area contributed by atoms with Crippen LogP contribution < -0.4 is 10.2 Å². The van der Waals surface area contributed by atoms with Crippen LogP contribution in [0, 0.1) is 0 Å². The Morgan fingerprint density at radius 3 is 2.72 bits per heavy atom. The van der Waals surface area contributed by atoms with Gasteiger partial charge >= 0.3 is 5.97 Å². The number of methoxy groups -OCH3 is 1. The second kappa shape index (κ2) is 7.33. The molecule has 0 saturated carbocycles. The van der Waals surface area contributed by atoms with Gasteiger partial charge in [-0.2, -0.15) is 0 Å². The Kier molecular flexibility index (Phi) is 4.97. The number of hydrogen-bond donors (Lipinski definition) is 1. The van der Waals surface area contributed by atoms with Crippen LogP contribution in [0.2, 0.25) is 0 Å². The number of aromatic nitrogens is 3. The lowest BCUT2D eigenvalue weighted by atomic mass is 10.0. The lowest BCUT2D eigenvalue weighted by molar-refractivity contribution is 0.0600. The average molecular weight is 343 g/mol. The number of nitrogens with one attached hydrogen (secondary N) is 1. The molecule has 0 unspecified atom stereocenters. The maximum Gasteiger partial charge on any atom is 0.338 e. The Bertz CT molecular complexity index is 765. The van der Waals surface area contributed by atoms with Gasteiger partial charge in [-0.3, -0.25) is 4.79 Å². The number of amides is 1. The fourth-order valence-corrected chi connectivity index (χ4v) is 2.92. The average Bonchev–Trinajstić information content (AvgIpc) is 3.08. The van der Waals surface area contributed by atoms with Crippen LogP contribution >= 0.6 is 0 Å². The summed E-state index contributed by atoms with van der Waals surface area (Å²) in [6, 6.07) is 3.48. The van der Waals surface area contributed by atoms with Crippen LogP contribution in [0.15, 0.2) is 30.9 Å². The van der Waals surface area contributed by atoms with Gasteiger partial charge in [0.25, 0.3) is 5.91 Å². The van der Waals surface area contributed by atoms with Crippen LogP contribution in [-0.2, 0) is 11.8 Å². The SMILES string of the molecule is COC(=O)c1ccnc(N2CCC(NC(=O)c3cncn3C)CC2)c1. The number of piperidine rings is 1. The molecule has 1 N–H and O–H groups in total. The van der Waals surface area contributed by atoms with E-state index in [-0.39, 0.29) is 17.9 Å². The lowest BCUT2D eigenvalue weighted by Crippen LogP contribution is -2.45. The Balaban J connectivity index is 1.58. The number of pyridine rings is 1. The highest BCUT2D eigenvalue weighted by Crippen LogP contribution is 2.19. The van der Waals surface area contributed by atoms with E-state index in [0.29, 0.717) is 11.3 Å².